The summed E-state index contributed by atoms with van der Waals surface area (Å²) in [5.41, 5.74) is 2.03. The summed E-state index contributed by atoms with van der Waals surface area (Å²) in [6, 6.07) is 5.83. The van der Waals surface area contributed by atoms with Crippen LogP contribution < -0.4 is 0 Å². The first-order chi connectivity index (χ1) is 5.65. The quantitative estimate of drug-likeness (QED) is 0.770. The van der Waals surface area contributed by atoms with Crippen LogP contribution in [0, 0.1) is 6.92 Å². The molecule has 0 aliphatic heterocycles. The van der Waals surface area contributed by atoms with Gasteiger partial charge in [0.25, 0.3) is 0 Å². The number of aryl methyl sites for hydroxylation is 1. The van der Waals surface area contributed by atoms with Crippen molar-refractivity contribution in [2.45, 2.75) is 13.0 Å². The van der Waals surface area contributed by atoms with Gasteiger partial charge in [0, 0.05) is 4.47 Å². The van der Waals surface area contributed by atoms with Gasteiger partial charge >= 0.3 is 0 Å². The molecule has 1 aromatic carbocycles. The molecule has 12 heavy (non-hydrogen) atoms. The normalized spacial score (nSPS) is 12.6. The van der Waals surface area contributed by atoms with Crippen molar-refractivity contribution < 1.29 is 5.11 Å². The van der Waals surface area contributed by atoms with Crippen LogP contribution in [0.25, 0.3) is 0 Å². The molecule has 0 saturated heterocycles. The van der Waals surface area contributed by atoms with E-state index in [1.54, 1.807) is 0 Å². The molecule has 1 aromatic rings. The highest BCUT2D eigenvalue weighted by molar-refractivity contribution is 9.10. The predicted molar refractivity (Wildman–Crippen MR) is 54.0 cm³/mol. The highest BCUT2D eigenvalue weighted by Gasteiger charge is 2.06. The maximum atomic E-state index is 9.45. The Kier molecular flexibility index (Phi) is 3.06. The molecule has 0 aliphatic rings. The van der Waals surface area contributed by atoms with Crippen LogP contribution in [0.1, 0.15) is 17.2 Å². The minimum atomic E-state index is -0.583. The minimum Gasteiger partial charge on any atom is -0.384 e. The summed E-state index contributed by atoms with van der Waals surface area (Å²) >= 11 is 3.38. The number of halogens is 1. The lowest BCUT2D eigenvalue weighted by molar-refractivity contribution is 0.228. The highest BCUT2D eigenvalue weighted by Crippen LogP contribution is 2.24. The van der Waals surface area contributed by atoms with Crippen LogP contribution in [0.3, 0.4) is 0 Å². The second kappa shape index (κ2) is 3.87. The van der Waals surface area contributed by atoms with Crippen molar-refractivity contribution in [1.82, 2.24) is 0 Å². The van der Waals surface area contributed by atoms with Crippen molar-refractivity contribution in [3.8, 4) is 0 Å². The molecular weight excluding hydrogens is 216 g/mol. The summed E-state index contributed by atoms with van der Waals surface area (Å²) in [6.45, 7) is 5.54. The van der Waals surface area contributed by atoms with Gasteiger partial charge in [-0.2, -0.15) is 0 Å². The van der Waals surface area contributed by atoms with Gasteiger partial charge in [0.2, 0.25) is 0 Å². The Morgan fingerprint density at radius 2 is 2.25 bits per heavy atom. The van der Waals surface area contributed by atoms with E-state index in [0.717, 1.165) is 10.0 Å². The summed E-state index contributed by atoms with van der Waals surface area (Å²) in [5.74, 6) is 0. The Balaban J connectivity index is 3.09. The standard InChI is InChI=1S/C10H11BrO/c1-3-10(12)8-5-4-7(2)6-9(8)11/h3-6,10,12H,1H2,2H3. The second-order valence-corrected chi connectivity index (χ2v) is 3.56. The molecule has 0 radical (unpaired) electrons. The summed E-state index contributed by atoms with van der Waals surface area (Å²) in [5, 5.41) is 9.45. The van der Waals surface area contributed by atoms with E-state index in [4.69, 9.17) is 0 Å². The van der Waals surface area contributed by atoms with Crippen molar-refractivity contribution >= 4 is 15.9 Å². The third-order valence-corrected chi connectivity index (χ3v) is 2.38. The molecule has 1 N–H and O–H groups in total. The molecule has 0 spiro atoms. The fourth-order valence-corrected chi connectivity index (χ4v) is 1.73. The zero-order chi connectivity index (χ0) is 9.14. The Hall–Kier alpha value is -0.600. The molecule has 2 heteroatoms. The van der Waals surface area contributed by atoms with Gasteiger partial charge in [0.15, 0.2) is 0 Å². The summed E-state index contributed by atoms with van der Waals surface area (Å²) in [4.78, 5) is 0. The summed E-state index contributed by atoms with van der Waals surface area (Å²) in [6.07, 6.45) is 0.926. The summed E-state index contributed by atoms with van der Waals surface area (Å²) < 4.78 is 0.926. The predicted octanol–water partition coefficient (Wildman–Crippen LogP) is 2.98. The van der Waals surface area contributed by atoms with Crippen LogP contribution in [0.5, 0.6) is 0 Å². The average molecular weight is 227 g/mol. The largest absolute Gasteiger partial charge is 0.384 e. The molecule has 1 rings (SSSR count). The number of rotatable bonds is 2. The Morgan fingerprint density at radius 1 is 1.58 bits per heavy atom. The molecule has 0 aromatic heterocycles. The smallest absolute Gasteiger partial charge is 0.0980 e. The number of hydrogen-bond donors (Lipinski definition) is 1. The Morgan fingerprint density at radius 3 is 2.75 bits per heavy atom. The molecule has 0 heterocycles. The van der Waals surface area contributed by atoms with E-state index in [1.807, 2.05) is 25.1 Å². The maximum Gasteiger partial charge on any atom is 0.0980 e. The molecule has 0 saturated carbocycles. The highest BCUT2D eigenvalue weighted by atomic mass is 79.9. The first-order valence-electron chi connectivity index (χ1n) is 3.72. The number of benzene rings is 1. The Bertz CT molecular complexity index is 294. The van der Waals surface area contributed by atoms with Crippen LogP contribution >= 0.6 is 15.9 Å². The molecule has 1 nitrogen and oxygen atoms in total. The van der Waals surface area contributed by atoms with E-state index in [2.05, 4.69) is 22.5 Å². The van der Waals surface area contributed by atoms with Crippen LogP contribution in [-0.4, -0.2) is 5.11 Å². The second-order valence-electron chi connectivity index (χ2n) is 2.71. The van der Waals surface area contributed by atoms with Crippen molar-refractivity contribution in [2.75, 3.05) is 0 Å². The van der Waals surface area contributed by atoms with Crippen LogP contribution in [0.4, 0.5) is 0 Å². The monoisotopic (exact) mass is 226 g/mol. The van der Waals surface area contributed by atoms with Gasteiger partial charge in [0.05, 0.1) is 6.10 Å². The van der Waals surface area contributed by atoms with Crippen molar-refractivity contribution in [3.63, 3.8) is 0 Å². The van der Waals surface area contributed by atoms with Gasteiger partial charge in [0.1, 0.15) is 0 Å². The van der Waals surface area contributed by atoms with E-state index in [1.165, 1.54) is 11.6 Å². The molecule has 1 atom stereocenters. The van der Waals surface area contributed by atoms with Gasteiger partial charge in [-0.3, -0.25) is 0 Å². The SMILES string of the molecule is C=CC(O)c1ccc(C)cc1Br. The lowest BCUT2D eigenvalue weighted by Gasteiger charge is -2.08. The zero-order valence-electron chi connectivity index (χ0n) is 6.92. The molecular formula is C10H11BrO. The third-order valence-electron chi connectivity index (χ3n) is 1.70. The van der Waals surface area contributed by atoms with Crippen LogP contribution in [0.2, 0.25) is 0 Å². The third kappa shape index (κ3) is 1.96. The molecule has 1 unspecified atom stereocenters. The minimum absolute atomic E-state index is 0.583. The fraction of sp³-hybridized carbons (Fsp3) is 0.200. The van der Waals surface area contributed by atoms with E-state index < -0.39 is 6.10 Å². The number of aliphatic hydroxyl groups is 1. The molecule has 0 amide bonds. The van der Waals surface area contributed by atoms with Gasteiger partial charge < -0.3 is 5.11 Å². The van der Waals surface area contributed by atoms with E-state index >= 15 is 0 Å². The molecule has 64 valence electrons. The lowest BCUT2D eigenvalue weighted by Crippen LogP contribution is -1.93. The van der Waals surface area contributed by atoms with Crippen molar-refractivity contribution in [2.24, 2.45) is 0 Å². The molecule has 0 aliphatic carbocycles. The van der Waals surface area contributed by atoms with Crippen molar-refractivity contribution in [1.29, 1.82) is 0 Å². The maximum absolute atomic E-state index is 9.45. The first-order valence-corrected chi connectivity index (χ1v) is 4.51. The molecule has 0 fully saturated rings. The van der Waals surface area contributed by atoms with Crippen LogP contribution in [0.15, 0.2) is 35.3 Å². The molecule has 0 bridgehead atoms. The number of hydrogen-bond acceptors (Lipinski definition) is 1. The Labute approximate surface area is 80.9 Å². The van der Waals surface area contributed by atoms with Gasteiger partial charge in [-0.1, -0.05) is 34.1 Å². The fourth-order valence-electron chi connectivity index (χ4n) is 0.999. The topological polar surface area (TPSA) is 20.2 Å². The lowest BCUT2D eigenvalue weighted by atomic mass is 10.1. The van der Waals surface area contributed by atoms with Gasteiger partial charge in [-0.25, -0.2) is 0 Å². The number of aliphatic hydroxyl groups excluding tert-OH is 1. The van der Waals surface area contributed by atoms with Crippen LogP contribution in [-0.2, 0) is 0 Å². The van der Waals surface area contributed by atoms with E-state index in [0.29, 0.717) is 0 Å². The average Bonchev–Trinajstić information content (AvgIpc) is 2.03. The first kappa shape index (κ1) is 9.49. The van der Waals surface area contributed by atoms with E-state index in [-0.39, 0.29) is 0 Å². The van der Waals surface area contributed by atoms with Gasteiger partial charge in [-0.15, -0.1) is 6.58 Å². The van der Waals surface area contributed by atoms with Crippen molar-refractivity contribution in [3.05, 3.63) is 46.5 Å². The van der Waals surface area contributed by atoms with Gasteiger partial charge in [-0.05, 0) is 24.1 Å². The van der Waals surface area contributed by atoms with E-state index in [9.17, 15) is 5.11 Å². The zero-order valence-corrected chi connectivity index (χ0v) is 8.51. The summed E-state index contributed by atoms with van der Waals surface area (Å²) in [7, 11) is 0.